The van der Waals surface area contributed by atoms with Gasteiger partial charge in [0.25, 0.3) is 0 Å². The lowest BCUT2D eigenvalue weighted by Crippen LogP contribution is -2.49. The van der Waals surface area contributed by atoms with Crippen molar-refractivity contribution < 1.29 is 9.59 Å². The Hall–Kier alpha value is -1.38. The van der Waals surface area contributed by atoms with Crippen molar-refractivity contribution in [2.75, 3.05) is 13.1 Å². The van der Waals surface area contributed by atoms with E-state index in [1.165, 1.54) is 0 Å². The second kappa shape index (κ2) is 9.94. The molecule has 2 amide bonds. The molecule has 1 aliphatic rings. The van der Waals surface area contributed by atoms with Crippen molar-refractivity contribution in [1.29, 1.82) is 0 Å². The Morgan fingerprint density at radius 1 is 1.16 bits per heavy atom. The van der Waals surface area contributed by atoms with Crippen molar-refractivity contribution in [3.8, 4) is 0 Å². The van der Waals surface area contributed by atoms with Gasteiger partial charge in [0.05, 0.1) is 19.1 Å². The number of hydrogen-bond acceptors (Lipinski definition) is 5. The van der Waals surface area contributed by atoms with Crippen LogP contribution in [0.3, 0.4) is 0 Å². The summed E-state index contributed by atoms with van der Waals surface area (Å²) < 4.78 is 2.07. The Morgan fingerprint density at radius 2 is 1.80 bits per heavy atom. The summed E-state index contributed by atoms with van der Waals surface area (Å²) in [6, 6.07) is -0.596. The van der Waals surface area contributed by atoms with Gasteiger partial charge in [-0.2, -0.15) is 0 Å². The van der Waals surface area contributed by atoms with Gasteiger partial charge >= 0.3 is 0 Å². The first-order chi connectivity index (χ1) is 10.8. The van der Waals surface area contributed by atoms with Crippen LogP contribution >= 0.6 is 24.8 Å². The summed E-state index contributed by atoms with van der Waals surface area (Å²) in [6.07, 6.45) is 0. The number of aromatic nitrogens is 3. The molecule has 0 saturated carbocycles. The number of fused-ring (bicyclic) bond motifs is 1. The first-order valence-corrected chi connectivity index (χ1v) is 8.04. The highest BCUT2D eigenvalue weighted by Crippen LogP contribution is 2.18. The second-order valence-electron chi connectivity index (χ2n) is 6.58. The van der Waals surface area contributed by atoms with E-state index in [0.717, 1.165) is 11.6 Å². The van der Waals surface area contributed by atoms with E-state index in [1.807, 2.05) is 13.8 Å². The molecule has 0 aliphatic carbocycles. The minimum absolute atomic E-state index is 0. The molecule has 0 spiro atoms. The Kier molecular flexibility index (Phi) is 9.39. The molecule has 1 aliphatic heterocycles. The van der Waals surface area contributed by atoms with E-state index in [2.05, 4.69) is 33.9 Å². The predicted octanol–water partition coefficient (Wildman–Crippen LogP) is 0.687. The molecule has 8 nitrogen and oxygen atoms in total. The molecule has 0 bridgehead atoms. The predicted molar refractivity (Wildman–Crippen MR) is 99.8 cm³/mol. The minimum Gasteiger partial charge on any atom is -0.346 e. The van der Waals surface area contributed by atoms with Crippen molar-refractivity contribution in [1.82, 2.24) is 25.0 Å². The summed E-state index contributed by atoms with van der Waals surface area (Å²) in [6.45, 7) is 9.54. The molecule has 0 aromatic carbocycles. The maximum absolute atomic E-state index is 12.3. The molecule has 1 atom stereocenters. The monoisotopic (exact) mass is 394 g/mol. The fourth-order valence-corrected chi connectivity index (χ4v) is 2.52. The normalized spacial score (nSPS) is 14.4. The van der Waals surface area contributed by atoms with Crippen LogP contribution in [-0.4, -0.2) is 50.6 Å². The standard InChI is InChI=1S/C15H26N6O2.2ClH/c1-9(2)13(16)15(23)17-7-12(22)20-5-6-21-11(8-20)18-19-14(21)10(3)4;;/h9-10,13H,5-8,16H2,1-4H3,(H,17,23);2*1H/t13-;;/m0../s1. The van der Waals surface area contributed by atoms with Crippen molar-refractivity contribution in [2.24, 2.45) is 11.7 Å². The lowest BCUT2D eigenvalue weighted by atomic mass is 10.1. The Morgan fingerprint density at radius 3 is 2.36 bits per heavy atom. The Balaban J connectivity index is 0.00000288. The van der Waals surface area contributed by atoms with Crippen LogP contribution in [0.25, 0.3) is 0 Å². The van der Waals surface area contributed by atoms with Crippen molar-refractivity contribution in [3.05, 3.63) is 11.6 Å². The smallest absolute Gasteiger partial charge is 0.242 e. The fourth-order valence-electron chi connectivity index (χ4n) is 2.52. The van der Waals surface area contributed by atoms with E-state index in [-0.39, 0.29) is 49.1 Å². The highest BCUT2D eigenvalue weighted by atomic mass is 35.5. The number of carbonyl (C=O) groups is 2. The number of carbonyl (C=O) groups excluding carboxylic acids is 2. The molecule has 0 fully saturated rings. The van der Waals surface area contributed by atoms with Crippen LogP contribution < -0.4 is 11.1 Å². The van der Waals surface area contributed by atoms with Gasteiger partial charge in [-0.1, -0.05) is 27.7 Å². The molecule has 2 heterocycles. The van der Waals surface area contributed by atoms with E-state index in [9.17, 15) is 9.59 Å². The molecule has 1 aromatic rings. The van der Waals surface area contributed by atoms with Gasteiger partial charge in [0.1, 0.15) is 5.82 Å². The van der Waals surface area contributed by atoms with Crippen molar-refractivity contribution in [2.45, 2.75) is 52.7 Å². The second-order valence-corrected chi connectivity index (χ2v) is 6.58. The van der Waals surface area contributed by atoms with Crippen molar-refractivity contribution in [3.63, 3.8) is 0 Å². The number of rotatable bonds is 5. The van der Waals surface area contributed by atoms with E-state index in [4.69, 9.17) is 5.73 Å². The lowest BCUT2D eigenvalue weighted by Gasteiger charge is -2.28. The summed E-state index contributed by atoms with van der Waals surface area (Å²) in [5, 5.41) is 11.0. The third kappa shape index (κ3) is 5.55. The van der Waals surface area contributed by atoms with Gasteiger partial charge in [0.15, 0.2) is 5.82 Å². The van der Waals surface area contributed by atoms with E-state index >= 15 is 0 Å². The summed E-state index contributed by atoms with van der Waals surface area (Å²) in [5.41, 5.74) is 5.76. The summed E-state index contributed by atoms with van der Waals surface area (Å²) in [7, 11) is 0. The molecule has 0 saturated heterocycles. The molecule has 3 N–H and O–H groups in total. The first kappa shape index (κ1) is 23.6. The number of nitrogens with two attached hydrogens (primary N) is 1. The third-order valence-electron chi connectivity index (χ3n) is 4.09. The van der Waals surface area contributed by atoms with Gasteiger partial charge < -0.3 is 20.5 Å². The summed E-state index contributed by atoms with van der Waals surface area (Å²) in [4.78, 5) is 25.8. The van der Waals surface area contributed by atoms with Crippen LogP contribution in [0.5, 0.6) is 0 Å². The van der Waals surface area contributed by atoms with Gasteiger partial charge in [0.2, 0.25) is 11.8 Å². The number of nitrogens with one attached hydrogen (secondary N) is 1. The number of hydrogen-bond donors (Lipinski definition) is 2. The Bertz CT molecular complexity index is 591. The van der Waals surface area contributed by atoms with E-state index in [0.29, 0.717) is 25.6 Å². The molecular formula is C15H28Cl2N6O2. The zero-order valence-electron chi connectivity index (χ0n) is 15.1. The summed E-state index contributed by atoms with van der Waals surface area (Å²) >= 11 is 0. The first-order valence-electron chi connectivity index (χ1n) is 8.04. The third-order valence-corrected chi connectivity index (χ3v) is 4.09. The maximum Gasteiger partial charge on any atom is 0.242 e. The molecule has 1 aromatic heterocycles. The van der Waals surface area contributed by atoms with Crippen LogP contribution in [-0.2, 0) is 22.7 Å². The van der Waals surface area contributed by atoms with E-state index in [1.54, 1.807) is 4.90 Å². The minimum atomic E-state index is -0.596. The average Bonchev–Trinajstić information content (AvgIpc) is 2.94. The number of amides is 2. The molecular weight excluding hydrogens is 367 g/mol. The Labute approximate surface area is 160 Å². The zero-order valence-corrected chi connectivity index (χ0v) is 16.7. The molecule has 2 rings (SSSR count). The molecule has 10 heteroatoms. The van der Waals surface area contributed by atoms with E-state index < -0.39 is 6.04 Å². The SMILES string of the molecule is CC(C)c1nnc2n1CCN(C(=O)CNC(=O)[C@@H](N)C(C)C)C2.Cl.Cl. The van der Waals surface area contributed by atoms with Gasteiger partial charge in [-0.15, -0.1) is 35.0 Å². The molecule has 144 valence electrons. The van der Waals surface area contributed by atoms with Crippen LogP contribution in [0.2, 0.25) is 0 Å². The van der Waals surface area contributed by atoms with Crippen LogP contribution in [0.1, 0.15) is 45.3 Å². The maximum atomic E-state index is 12.3. The number of nitrogens with zero attached hydrogens (tertiary/aromatic N) is 4. The lowest BCUT2D eigenvalue weighted by molar-refractivity contribution is -0.134. The van der Waals surface area contributed by atoms with Gasteiger partial charge in [-0.3, -0.25) is 9.59 Å². The topological polar surface area (TPSA) is 106 Å². The highest BCUT2D eigenvalue weighted by Gasteiger charge is 2.26. The van der Waals surface area contributed by atoms with Gasteiger partial charge in [0, 0.05) is 19.0 Å². The fraction of sp³-hybridized carbons (Fsp3) is 0.733. The van der Waals surface area contributed by atoms with Gasteiger partial charge in [-0.05, 0) is 5.92 Å². The molecule has 0 radical (unpaired) electrons. The molecule has 0 unspecified atom stereocenters. The van der Waals surface area contributed by atoms with Crippen LogP contribution in [0.4, 0.5) is 0 Å². The highest BCUT2D eigenvalue weighted by molar-refractivity contribution is 5.87. The largest absolute Gasteiger partial charge is 0.346 e. The number of halogens is 2. The van der Waals surface area contributed by atoms with Crippen LogP contribution in [0.15, 0.2) is 0 Å². The van der Waals surface area contributed by atoms with Crippen molar-refractivity contribution >= 4 is 36.6 Å². The van der Waals surface area contributed by atoms with Crippen LogP contribution in [0, 0.1) is 5.92 Å². The molecule has 25 heavy (non-hydrogen) atoms. The zero-order chi connectivity index (χ0) is 17.1. The quantitative estimate of drug-likeness (QED) is 0.763. The average molecular weight is 395 g/mol. The van der Waals surface area contributed by atoms with Gasteiger partial charge in [-0.25, -0.2) is 0 Å². The summed E-state index contributed by atoms with van der Waals surface area (Å²) in [5.74, 6) is 1.65.